The molecule has 2 amide bonds. The summed E-state index contributed by atoms with van der Waals surface area (Å²) in [6.45, 7) is 0.584. The number of amides is 2. The molecule has 0 unspecified atom stereocenters. The fourth-order valence-corrected chi connectivity index (χ4v) is 4.03. The molecule has 4 rings (SSSR count). The zero-order valence-corrected chi connectivity index (χ0v) is 15.6. The number of nitrogens with one attached hydrogen (secondary N) is 3. The van der Waals surface area contributed by atoms with E-state index in [1.807, 2.05) is 0 Å². The first-order chi connectivity index (χ1) is 13.6. The van der Waals surface area contributed by atoms with E-state index in [0.29, 0.717) is 36.0 Å². The fourth-order valence-electron chi connectivity index (χ4n) is 4.03. The summed E-state index contributed by atoms with van der Waals surface area (Å²) < 4.78 is 0. The quantitative estimate of drug-likeness (QED) is 0.583. The Morgan fingerprint density at radius 3 is 2.86 bits per heavy atom. The van der Waals surface area contributed by atoms with Crippen molar-refractivity contribution in [2.75, 3.05) is 6.54 Å². The molecule has 148 valence electrons. The van der Waals surface area contributed by atoms with Gasteiger partial charge >= 0.3 is 0 Å². The summed E-state index contributed by atoms with van der Waals surface area (Å²) in [5.41, 5.74) is 3.02. The van der Waals surface area contributed by atoms with Gasteiger partial charge in [0.1, 0.15) is 11.0 Å². The lowest BCUT2D eigenvalue weighted by atomic mass is 9.99. The van der Waals surface area contributed by atoms with Gasteiger partial charge in [0.2, 0.25) is 5.91 Å². The van der Waals surface area contributed by atoms with Crippen LogP contribution in [-0.4, -0.2) is 51.0 Å². The Morgan fingerprint density at radius 1 is 1.18 bits per heavy atom. The highest BCUT2D eigenvalue weighted by molar-refractivity contribution is 5.97. The lowest BCUT2D eigenvalue weighted by Crippen LogP contribution is -2.40. The average molecular weight is 383 g/mol. The number of aromatic nitrogens is 3. The van der Waals surface area contributed by atoms with E-state index in [1.54, 1.807) is 18.2 Å². The largest absolute Gasteiger partial charge is 0.391 e. The van der Waals surface area contributed by atoms with Gasteiger partial charge in [0, 0.05) is 18.0 Å². The first-order valence-electron chi connectivity index (χ1n) is 9.85. The zero-order valence-electron chi connectivity index (χ0n) is 15.6. The maximum Gasteiger partial charge on any atom is 0.251 e. The van der Waals surface area contributed by atoms with Gasteiger partial charge in [-0.3, -0.25) is 9.59 Å². The van der Waals surface area contributed by atoms with Crippen molar-refractivity contribution in [2.45, 2.75) is 50.7 Å². The van der Waals surface area contributed by atoms with Crippen LogP contribution in [0.2, 0.25) is 0 Å². The van der Waals surface area contributed by atoms with Crippen LogP contribution in [0.25, 0.3) is 11.0 Å². The second-order valence-corrected chi connectivity index (χ2v) is 7.67. The Kier molecular flexibility index (Phi) is 5.38. The van der Waals surface area contributed by atoms with Crippen molar-refractivity contribution in [3.8, 4) is 0 Å². The summed E-state index contributed by atoms with van der Waals surface area (Å²) in [6, 6.07) is 4.60. The molecule has 3 atom stereocenters. The van der Waals surface area contributed by atoms with Crippen molar-refractivity contribution in [1.82, 2.24) is 26.0 Å². The third-order valence-electron chi connectivity index (χ3n) is 5.67. The summed E-state index contributed by atoms with van der Waals surface area (Å²) in [5, 5.41) is 26.6. The summed E-state index contributed by atoms with van der Waals surface area (Å²) in [7, 11) is 0. The van der Waals surface area contributed by atoms with Crippen LogP contribution >= 0.6 is 0 Å². The molecular weight excluding hydrogens is 358 g/mol. The molecule has 1 saturated carbocycles. The summed E-state index contributed by atoms with van der Waals surface area (Å²) >= 11 is 0. The number of aliphatic hydroxyl groups is 1. The molecule has 0 aliphatic heterocycles. The molecule has 1 aromatic heterocycles. The van der Waals surface area contributed by atoms with Crippen LogP contribution in [-0.2, 0) is 4.79 Å². The number of benzene rings is 1. The van der Waals surface area contributed by atoms with Crippen molar-refractivity contribution in [3.05, 3.63) is 35.4 Å². The van der Waals surface area contributed by atoms with E-state index < -0.39 is 12.1 Å². The number of hydrogen-bond donors (Lipinski definition) is 4. The average Bonchev–Trinajstić information content (AvgIpc) is 3.33. The minimum atomic E-state index is -0.732. The zero-order chi connectivity index (χ0) is 19.5. The van der Waals surface area contributed by atoms with Crippen LogP contribution < -0.4 is 10.6 Å². The smallest absolute Gasteiger partial charge is 0.251 e. The molecule has 8 nitrogen and oxygen atoms in total. The molecule has 1 fully saturated rings. The number of aliphatic hydroxyl groups excluding tert-OH is 1. The fraction of sp³-hybridized carbons (Fsp3) is 0.500. The molecule has 4 N–H and O–H groups in total. The van der Waals surface area contributed by atoms with Crippen LogP contribution in [0.4, 0.5) is 0 Å². The third-order valence-corrected chi connectivity index (χ3v) is 5.67. The Bertz CT molecular complexity index is 906. The number of carbonyl (C=O) groups is 2. The Hall–Kier alpha value is -2.74. The Morgan fingerprint density at radius 2 is 2.04 bits per heavy atom. The predicted octanol–water partition coefficient (Wildman–Crippen LogP) is 1.44. The van der Waals surface area contributed by atoms with Gasteiger partial charge in [-0.15, -0.1) is 0 Å². The van der Waals surface area contributed by atoms with Crippen molar-refractivity contribution in [1.29, 1.82) is 0 Å². The first kappa shape index (κ1) is 18.6. The van der Waals surface area contributed by atoms with Crippen LogP contribution in [0, 0.1) is 5.92 Å². The number of nitrogens with zero attached hydrogens (tertiary/aromatic N) is 2. The predicted molar refractivity (Wildman–Crippen MR) is 103 cm³/mol. The molecule has 0 saturated heterocycles. The number of rotatable bonds is 5. The van der Waals surface area contributed by atoms with Crippen molar-refractivity contribution < 1.29 is 14.7 Å². The molecule has 1 aromatic carbocycles. The molecule has 28 heavy (non-hydrogen) atoms. The van der Waals surface area contributed by atoms with Crippen molar-refractivity contribution in [3.63, 3.8) is 0 Å². The Balaban J connectivity index is 1.32. The molecule has 2 aliphatic rings. The van der Waals surface area contributed by atoms with E-state index in [4.69, 9.17) is 0 Å². The van der Waals surface area contributed by atoms with Crippen LogP contribution in [0.1, 0.15) is 48.9 Å². The van der Waals surface area contributed by atoms with Gasteiger partial charge < -0.3 is 15.7 Å². The minimum absolute atomic E-state index is 0.0497. The Labute approximate surface area is 162 Å². The van der Waals surface area contributed by atoms with Crippen molar-refractivity contribution in [2.24, 2.45) is 5.92 Å². The van der Waals surface area contributed by atoms with Gasteiger partial charge in [0.25, 0.3) is 5.91 Å². The van der Waals surface area contributed by atoms with Gasteiger partial charge in [0.15, 0.2) is 0 Å². The normalized spacial score (nSPS) is 24.8. The SMILES string of the molecule is O=C(N[C@H]1C[C@H](C(=O)NCC2=CCCCC2)C[C@@H]1O)c1ccc2n[nH]nc2c1. The maximum atomic E-state index is 12.5. The number of allylic oxidation sites excluding steroid dienone is 1. The summed E-state index contributed by atoms with van der Waals surface area (Å²) in [6.07, 6.45) is 6.80. The molecule has 0 spiro atoms. The van der Waals surface area contributed by atoms with E-state index in [-0.39, 0.29) is 17.7 Å². The lowest BCUT2D eigenvalue weighted by molar-refractivity contribution is -0.124. The second-order valence-electron chi connectivity index (χ2n) is 7.67. The van der Waals surface area contributed by atoms with E-state index in [9.17, 15) is 14.7 Å². The highest BCUT2D eigenvalue weighted by atomic mass is 16.3. The topological polar surface area (TPSA) is 120 Å². The van der Waals surface area contributed by atoms with E-state index >= 15 is 0 Å². The molecule has 0 bridgehead atoms. The minimum Gasteiger partial charge on any atom is -0.391 e. The van der Waals surface area contributed by atoms with E-state index in [0.717, 1.165) is 12.8 Å². The van der Waals surface area contributed by atoms with Gasteiger partial charge in [0.05, 0.1) is 12.1 Å². The van der Waals surface area contributed by atoms with E-state index in [2.05, 4.69) is 32.1 Å². The highest BCUT2D eigenvalue weighted by Crippen LogP contribution is 2.27. The molecule has 1 heterocycles. The van der Waals surface area contributed by atoms with E-state index in [1.165, 1.54) is 18.4 Å². The first-order valence-corrected chi connectivity index (χ1v) is 9.85. The molecular formula is C20H25N5O3. The summed E-state index contributed by atoms with van der Waals surface area (Å²) in [4.78, 5) is 25.0. The number of fused-ring (bicyclic) bond motifs is 1. The van der Waals surface area contributed by atoms with Gasteiger partial charge in [-0.1, -0.05) is 11.6 Å². The van der Waals surface area contributed by atoms with Crippen LogP contribution in [0.5, 0.6) is 0 Å². The molecule has 8 heteroatoms. The third kappa shape index (κ3) is 4.06. The van der Waals surface area contributed by atoms with Gasteiger partial charge in [-0.2, -0.15) is 15.4 Å². The van der Waals surface area contributed by atoms with Gasteiger partial charge in [-0.05, 0) is 56.7 Å². The number of aromatic amines is 1. The molecule has 0 radical (unpaired) electrons. The van der Waals surface area contributed by atoms with Crippen molar-refractivity contribution >= 4 is 22.8 Å². The molecule has 2 aliphatic carbocycles. The van der Waals surface area contributed by atoms with Gasteiger partial charge in [-0.25, -0.2) is 0 Å². The van der Waals surface area contributed by atoms with Crippen LogP contribution in [0.15, 0.2) is 29.8 Å². The van der Waals surface area contributed by atoms with Crippen LogP contribution in [0.3, 0.4) is 0 Å². The maximum absolute atomic E-state index is 12.5. The number of hydrogen-bond acceptors (Lipinski definition) is 5. The summed E-state index contributed by atoms with van der Waals surface area (Å²) in [5.74, 6) is -0.629. The second kappa shape index (κ2) is 8.10. The standard InChI is InChI=1S/C20H25N5O3/c26-18-10-14(19(27)21-11-12-4-2-1-3-5-12)9-17(18)22-20(28)13-6-7-15-16(8-13)24-25-23-15/h4,6-8,14,17-18,26H,1-3,5,9-11H2,(H,21,27)(H,22,28)(H,23,24,25)/t14-,17-,18-/m0/s1. The molecule has 2 aromatic rings. The lowest BCUT2D eigenvalue weighted by Gasteiger charge is -2.17. The number of H-pyrrole nitrogens is 1. The number of carbonyl (C=O) groups excluding carboxylic acids is 2. The highest BCUT2D eigenvalue weighted by Gasteiger charge is 2.37. The monoisotopic (exact) mass is 383 g/mol.